The second-order valence-corrected chi connectivity index (χ2v) is 4.54. The first-order chi connectivity index (χ1) is 8.23. The molecule has 0 amide bonds. The molecule has 0 aromatic heterocycles. The summed E-state index contributed by atoms with van der Waals surface area (Å²) in [7, 11) is 2.97. The van der Waals surface area contributed by atoms with Crippen LogP contribution in [0, 0.1) is 13.8 Å². The minimum atomic E-state index is -4.18. The van der Waals surface area contributed by atoms with Gasteiger partial charge in [0.2, 0.25) is 0 Å². The zero-order valence-corrected chi connectivity index (χ0v) is 11.1. The number of ether oxygens (including phenoxy) is 1. The molecule has 2 nitrogen and oxygen atoms in total. The Morgan fingerprint density at radius 3 is 2.22 bits per heavy atom. The minimum absolute atomic E-state index is 0.212. The molecule has 0 unspecified atom stereocenters. The molecule has 1 aromatic carbocycles. The van der Waals surface area contributed by atoms with Crippen LogP contribution >= 0.6 is 0 Å². The van der Waals surface area contributed by atoms with E-state index in [1.54, 1.807) is 0 Å². The van der Waals surface area contributed by atoms with E-state index in [-0.39, 0.29) is 6.54 Å². The van der Waals surface area contributed by atoms with Gasteiger partial charge in [-0.3, -0.25) is 4.90 Å². The predicted octanol–water partition coefficient (Wildman–Crippen LogP) is 3.31. The van der Waals surface area contributed by atoms with Gasteiger partial charge in [0.25, 0.3) is 0 Å². The number of rotatable bonds is 4. The highest BCUT2D eigenvalue weighted by Gasteiger charge is 2.29. The Bertz CT molecular complexity index is 415. The second kappa shape index (κ2) is 5.61. The zero-order chi connectivity index (χ0) is 13.9. The van der Waals surface area contributed by atoms with E-state index < -0.39 is 12.7 Å². The smallest absolute Gasteiger partial charge is 0.401 e. The number of benzene rings is 1. The van der Waals surface area contributed by atoms with Gasteiger partial charge in [-0.2, -0.15) is 13.2 Å². The van der Waals surface area contributed by atoms with Gasteiger partial charge in [0.15, 0.2) is 0 Å². The third kappa shape index (κ3) is 4.22. The fourth-order valence-electron chi connectivity index (χ4n) is 1.82. The number of alkyl halides is 3. The first kappa shape index (κ1) is 14.8. The van der Waals surface area contributed by atoms with Crippen molar-refractivity contribution in [2.45, 2.75) is 26.6 Å². The normalized spacial score (nSPS) is 12.0. The second-order valence-electron chi connectivity index (χ2n) is 4.54. The van der Waals surface area contributed by atoms with Crippen LogP contribution in [0.4, 0.5) is 13.2 Å². The number of hydrogen-bond donors (Lipinski definition) is 0. The molecule has 1 rings (SSSR count). The summed E-state index contributed by atoms with van der Waals surface area (Å²) in [5.74, 6) is 0.632. The van der Waals surface area contributed by atoms with Crippen LogP contribution in [0.5, 0.6) is 5.75 Å². The highest BCUT2D eigenvalue weighted by atomic mass is 19.4. The summed E-state index contributed by atoms with van der Waals surface area (Å²) >= 11 is 0. The van der Waals surface area contributed by atoms with Crippen LogP contribution in [0.15, 0.2) is 12.1 Å². The Labute approximate surface area is 105 Å². The molecule has 0 saturated carbocycles. The Balaban J connectivity index is 2.86. The molecule has 0 spiro atoms. The van der Waals surface area contributed by atoms with Gasteiger partial charge >= 0.3 is 6.18 Å². The molecule has 0 fully saturated rings. The van der Waals surface area contributed by atoms with Crippen molar-refractivity contribution in [2.75, 3.05) is 20.7 Å². The summed E-state index contributed by atoms with van der Waals surface area (Å²) in [5.41, 5.74) is 2.88. The quantitative estimate of drug-likeness (QED) is 0.824. The van der Waals surface area contributed by atoms with E-state index in [1.165, 1.54) is 19.1 Å². The molecular formula is C13H18F3NO. The lowest BCUT2D eigenvalue weighted by Gasteiger charge is -2.20. The maximum atomic E-state index is 12.3. The molecule has 0 radical (unpaired) electrons. The molecule has 0 aliphatic carbocycles. The Morgan fingerprint density at radius 2 is 1.72 bits per heavy atom. The van der Waals surface area contributed by atoms with Crippen LogP contribution in [-0.4, -0.2) is 31.8 Å². The monoisotopic (exact) mass is 261 g/mol. The largest absolute Gasteiger partial charge is 0.496 e. The average molecular weight is 261 g/mol. The lowest BCUT2D eigenvalue weighted by Crippen LogP contribution is -2.30. The summed E-state index contributed by atoms with van der Waals surface area (Å²) in [6.45, 7) is 3.16. The van der Waals surface area contributed by atoms with E-state index >= 15 is 0 Å². The molecule has 102 valence electrons. The summed E-state index contributed by atoms with van der Waals surface area (Å²) in [6, 6.07) is 3.73. The molecule has 1 aromatic rings. The summed E-state index contributed by atoms with van der Waals surface area (Å²) in [5, 5.41) is 0. The van der Waals surface area contributed by atoms with E-state index in [0.717, 1.165) is 16.7 Å². The molecule has 5 heteroatoms. The molecule has 0 saturated heterocycles. The van der Waals surface area contributed by atoms with Crippen molar-refractivity contribution in [1.82, 2.24) is 4.90 Å². The topological polar surface area (TPSA) is 12.5 Å². The van der Waals surface area contributed by atoms with Gasteiger partial charge in [0, 0.05) is 12.1 Å². The van der Waals surface area contributed by atoms with Gasteiger partial charge in [-0.05, 0) is 38.1 Å². The van der Waals surface area contributed by atoms with E-state index in [2.05, 4.69) is 0 Å². The number of methoxy groups -OCH3 is 1. The van der Waals surface area contributed by atoms with E-state index in [9.17, 15) is 13.2 Å². The number of nitrogens with zero attached hydrogens (tertiary/aromatic N) is 1. The standard InChI is InChI=1S/C13H18F3NO/c1-9-5-11(12(18-4)6-10(9)2)7-17(3)8-13(14,15)16/h5-6H,7-8H2,1-4H3. The van der Waals surface area contributed by atoms with Crippen molar-refractivity contribution in [3.8, 4) is 5.75 Å². The Hall–Kier alpha value is -1.23. The van der Waals surface area contributed by atoms with Crippen molar-refractivity contribution in [1.29, 1.82) is 0 Å². The lowest BCUT2D eigenvalue weighted by atomic mass is 10.0. The molecule has 0 aliphatic rings. The summed E-state index contributed by atoms with van der Waals surface area (Å²) in [4.78, 5) is 1.23. The number of hydrogen-bond acceptors (Lipinski definition) is 2. The molecule has 0 N–H and O–H groups in total. The van der Waals surface area contributed by atoms with E-state index in [1.807, 2.05) is 26.0 Å². The van der Waals surface area contributed by atoms with Crippen LogP contribution in [-0.2, 0) is 6.54 Å². The third-order valence-electron chi connectivity index (χ3n) is 2.79. The molecule has 0 heterocycles. The molecule has 0 aliphatic heterocycles. The molecule has 0 atom stereocenters. The Morgan fingerprint density at radius 1 is 1.17 bits per heavy atom. The third-order valence-corrected chi connectivity index (χ3v) is 2.79. The van der Waals surface area contributed by atoms with Gasteiger partial charge < -0.3 is 4.74 Å². The molecule has 0 bridgehead atoms. The van der Waals surface area contributed by atoms with E-state index in [4.69, 9.17) is 4.74 Å². The first-order valence-electron chi connectivity index (χ1n) is 5.62. The van der Waals surface area contributed by atoms with Crippen LogP contribution < -0.4 is 4.74 Å². The number of aryl methyl sites for hydroxylation is 2. The van der Waals surface area contributed by atoms with Crippen molar-refractivity contribution < 1.29 is 17.9 Å². The SMILES string of the molecule is COc1cc(C)c(C)cc1CN(C)CC(F)(F)F. The van der Waals surface area contributed by atoms with Crippen LogP contribution in [0.1, 0.15) is 16.7 Å². The van der Waals surface area contributed by atoms with Crippen molar-refractivity contribution in [3.63, 3.8) is 0 Å². The fourth-order valence-corrected chi connectivity index (χ4v) is 1.82. The highest BCUT2D eigenvalue weighted by Crippen LogP contribution is 2.25. The maximum absolute atomic E-state index is 12.3. The predicted molar refractivity (Wildman–Crippen MR) is 64.9 cm³/mol. The summed E-state index contributed by atoms with van der Waals surface area (Å²) < 4.78 is 42.0. The van der Waals surface area contributed by atoms with Gasteiger partial charge in [-0.15, -0.1) is 0 Å². The fraction of sp³-hybridized carbons (Fsp3) is 0.538. The van der Waals surface area contributed by atoms with Crippen molar-refractivity contribution >= 4 is 0 Å². The van der Waals surface area contributed by atoms with E-state index in [0.29, 0.717) is 5.75 Å². The van der Waals surface area contributed by atoms with Crippen molar-refractivity contribution in [3.05, 3.63) is 28.8 Å². The number of halogens is 3. The lowest BCUT2D eigenvalue weighted by molar-refractivity contribution is -0.144. The molecular weight excluding hydrogens is 243 g/mol. The van der Waals surface area contributed by atoms with Gasteiger partial charge in [-0.1, -0.05) is 6.07 Å². The Kier molecular flexibility index (Phi) is 4.62. The highest BCUT2D eigenvalue weighted by molar-refractivity contribution is 5.41. The van der Waals surface area contributed by atoms with Crippen LogP contribution in [0.25, 0.3) is 0 Å². The zero-order valence-electron chi connectivity index (χ0n) is 11.1. The average Bonchev–Trinajstić information content (AvgIpc) is 2.20. The first-order valence-corrected chi connectivity index (χ1v) is 5.62. The van der Waals surface area contributed by atoms with Gasteiger partial charge in [0.05, 0.1) is 13.7 Å². The minimum Gasteiger partial charge on any atom is -0.496 e. The van der Waals surface area contributed by atoms with Crippen LogP contribution in [0.2, 0.25) is 0 Å². The van der Waals surface area contributed by atoms with Gasteiger partial charge in [-0.25, -0.2) is 0 Å². The van der Waals surface area contributed by atoms with Gasteiger partial charge in [0.1, 0.15) is 5.75 Å². The maximum Gasteiger partial charge on any atom is 0.401 e. The molecule has 18 heavy (non-hydrogen) atoms. The summed E-state index contributed by atoms with van der Waals surface area (Å²) in [6.07, 6.45) is -4.18. The van der Waals surface area contributed by atoms with Crippen LogP contribution in [0.3, 0.4) is 0 Å². The van der Waals surface area contributed by atoms with Crippen molar-refractivity contribution in [2.24, 2.45) is 0 Å².